The van der Waals surface area contributed by atoms with Crippen molar-refractivity contribution in [3.05, 3.63) is 88.0 Å². The van der Waals surface area contributed by atoms with Crippen LogP contribution in [0.4, 0.5) is 0 Å². The number of hydrogen-bond donors (Lipinski definition) is 1. The Morgan fingerprint density at radius 2 is 1.91 bits per heavy atom. The molecule has 2 aromatic carbocycles. The second kappa shape index (κ2) is 11.0. The lowest BCUT2D eigenvalue weighted by molar-refractivity contribution is -0.139. The monoisotopic (exact) mass is 489 g/mol. The van der Waals surface area contributed by atoms with Gasteiger partial charge in [0.1, 0.15) is 0 Å². The molecule has 0 unspecified atom stereocenters. The fraction of sp³-hybridized carbons (Fsp3) is 0.321. The Hall–Kier alpha value is -3.32. The van der Waals surface area contributed by atoms with Crippen LogP contribution in [0.2, 0.25) is 0 Å². The Kier molecular flexibility index (Phi) is 7.76. The van der Waals surface area contributed by atoms with Crippen molar-refractivity contribution in [2.75, 3.05) is 6.61 Å². The van der Waals surface area contributed by atoms with Gasteiger partial charge < -0.3 is 15.0 Å². The molecule has 0 radical (unpaired) electrons. The molecule has 2 atom stereocenters. The van der Waals surface area contributed by atoms with Crippen molar-refractivity contribution in [2.45, 2.75) is 52.6 Å². The summed E-state index contributed by atoms with van der Waals surface area (Å²) in [6, 6.07) is 17.5. The molecule has 0 aliphatic carbocycles. The van der Waals surface area contributed by atoms with E-state index in [0.717, 1.165) is 34.0 Å². The average Bonchev–Trinajstić information content (AvgIpc) is 3.25. The van der Waals surface area contributed by atoms with E-state index in [-0.39, 0.29) is 25.0 Å². The van der Waals surface area contributed by atoms with Gasteiger partial charge in [-0.2, -0.15) is 0 Å². The minimum Gasteiger partial charge on any atom is -0.463 e. The molecule has 2 aliphatic rings. The Bertz CT molecular complexity index is 1200. The van der Waals surface area contributed by atoms with Crippen LogP contribution >= 0.6 is 11.8 Å². The number of thioether (sulfide) groups is 1. The van der Waals surface area contributed by atoms with Crippen LogP contribution in [0.15, 0.2) is 76.3 Å². The number of nitrogens with one attached hydrogen (secondary N) is 1. The number of fused-ring (bicyclic) bond motifs is 1. The van der Waals surface area contributed by atoms with Gasteiger partial charge >= 0.3 is 5.97 Å². The van der Waals surface area contributed by atoms with Crippen molar-refractivity contribution in [1.82, 2.24) is 10.2 Å². The number of amidine groups is 1. The number of carbonyl (C=O) groups excluding carboxylic acids is 2. The van der Waals surface area contributed by atoms with Crippen LogP contribution < -0.4 is 5.32 Å². The molecule has 7 heteroatoms. The molecule has 182 valence electrons. The number of ether oxygens (including phenoxy) is 1. The summed E-state index contributed by atoms with van der Waals surface area (Å²) in [5.41, 5.74) is 4.78. The summed E-state index contributed by atoms with van der Waals surface area (Å²) in [6.07, 6.45) is 1.06. The molecule has 0 saturated heterocycles. The van der Waals surface area contributed by atoms with Crippen molar-refractivity contribution < 1.29 is 14.3 Å². The largest absolute Gasteiger partial charge is 0.463 e. The standard InChI is InChI=1S/C28H31N3O3S/c1-5-19(4)29-23(32)16-22-17-35-28-30-25(20-12-8-7-9-13-20)24(27(33)34-6-2)26(31(22)28)21-14-10-11-18(3)15-21/h7-15,17,19,26H,5-6,16H2,1-4H3,(H,29,32)/t19-,26+/m0/s1. The lowest BCUT2D eigenvalue weighted by Gasteiger charge is -2.37. The number of rotatable bonds is 8. The van der Waals surface area contributed by atoms with E-state index in [9.17, 15) is 9.59 Å². The molecule has 0 saturated carbocycles. The second-order valence-corrected chi connectivity index (χ2v) is 9.55. The first-order valence-corrected chi connectivity index (χ1v) is 12.9. The maximum absolute atomic E-state index is 13.5. The van der Waals surface area contributed by atoms with Gasteiger partial charge in [0.2, 0.25) is 5.91 Å². The van der Waals surface area contributed by atoms with E-state index in [1.54, 1.807) is 6.92 Å². The number of aryl methyl sites for hydroxylation is 1. The van der Waals surface area contributed by atoms with Crippen LogP contribution in [0.1, 0.15) is 56.3 Å². The predicted molar refractivity (Wildman–Crippen MR) is 141 cm³/mol. The molecule has 2 heterocycles. The molecule has 6 nitrogen and oxygen atoms in total. The number of carbonyl (C=O) groups is 2. The van der Waals surface area contributed by atoms with Gasteiger partial charge in [-0.3, -0.25) is 4.79 Å². The van der Waals surface area contributed by atoms with Gasteiger partial charge in [0.25, 0.3) is 0 Å². The first-order chi connectivity index (χ1) is 16.9. The van der Waals surface area contributed by atoms with Crippen LogP contribution in [0.3, 0.4) is 0 Å². The highest BCUT2D eigenvalue weighted by molar-refractivity contribution is 8.16. The normalized spacial score (nSPS) is 17.9. The molecule has 1 amide bonds. The summed E-state index contributed by atoms with van der Waals surface area (Å²) in [5.74, 6) is -0.452. The number of amides is 1. The lowest BCUT2D eigenvalue weighted by Crippen LogP contribution is -2.39. The van der Waals surface area contributed by atoms with Gasteiger partial charge in [-0.25, -0.2) is 9.79 Å². The molecule has 4 rings (SSSR count). The third kappa shape index (κ3) is 5.35. The topological polar surface area (TPSA) is 71.0 Å². The van der Waals surface area contributed by atoms with E-state index in [1.165, 1.54) is 11.8 Å². The molecular formula is C28H31N3O3S. The van der Waals surface area contributed by atoms with Gasteiger partial charge in [-0.1, -0.05) is 78.8 Å². The second-order valence-electron chi connectivity index (χ2n) is 8.71. The zero-order chi connectivity index (χ0) is 24.9. The molecule has 0 fully saturated rings. The maximum Gasteiger partial charge on any atom is 0.338 e. The summed E-state index contributed by atoms with van der Waals surface area (Å²) < 4.78 is 5.55. The first kappa shape index (κ1) is 24.8. The molecule has 2 aromatic rings. The van der Waals surface area contributed by atoms with Crippen LogP contribution in [0.5, 0.6) is 0 Å². The van der Waals surface area contributed by atoms with Gasteiger partial charge in [0, 0.05) is 17.3 Å². The first-order valence-electron chi connectivity index (χ1n) is 12.0. The third-order valence-electron chi connectivity index (χ3n) is 6.07. The smallest absolute Gasteiger partial charge is 0.338 e. The van der Waals surface area contributed by atoms with Crippen LogP contribution in [0, 0.1) is 6.92 Å². The molecule has 0 aromatic heterocycles. The van der Waals surface area contributed by atoms with Crippen molar-refractivity contribution in [3.8, 4) is 0 Å². The number of esters is 1. The zero-order valence-corrected chi connectivity index (χ0v) is 21.4. The van der Waals surface area contributed by atoms with Crippen molar-refractivity contribution in [3.63, 3.8) is 0 Å². The van der Waals surface area contributed by atoms with Crippen LogP contribution in [-0.2, 0) is 14.3 Å². The highest BCUT2D eigenvalue weighted by Crippen LogP contribution is 2.47. The van der Waals surface area contributed by atoms with E-state index in [2.05, 4.69) is 11.4 Å². The zero-order valence-electron chi connectivity index (χ0n) is 20.6. The summed E-state index contributed by atoms with van der Waals surface area (Å²) in [7, 11) is 0. The molecule has 0 spiro atoms. The number of aliphatic imine (C=N–C) groups is 1. The molecule has 1 N–H and O–H groups in total. The molecule has 35 heavy (non-hydrogen) atoms. The SMILES string of the molecule is CCOC(=O)C1=C(c2ccccc2)N=C2SC=C(CC(=O)N[C@@H](C)CC)N2[C@@H]1c1cccc(C)c1. The minimum atomic E-state index is -0.464. The highest BCUT2D eigenvalue weighted by Gasteiger charge is 2.42. The predicted octanol–water partition coefficient (Wildman–Crippen LogP) is 5.58. The van der Waals surface area contributed by atoms with Gasteiger partial charge in [-0.15, -0.1) is 0 Å². The molecule has 0 bridgehead atoms. The van der Waals surface area contributed by atoms with Crippen molar-refractivity contribution >= 4 is 34.5 Å². The van der Waals surface area contributed by atoms with Gasteiger partial charge in [0.15, 0.2) is 5.17 Å². The van der Waals surface area contributed by atoms with E-state index in [4.69, 9.17) is 9.73 Å². The van der Waals surface area contributed by atoms with E-state index in [0.29, 0.717) is 11.3 Å². The fourth-order valence-corrected chi connectivity index (χ4v) is 5.16. The molecular weight excluding hydrogens is 458 g/mol. The molecule has 2 aliphatic heterocycles. The summed E-state index contributed by atoms with van der Waals surface area (Å²) in [5, 5.41) is 5.76. The van der Waals surface area contributed by atoms with Gasteiger partial charge in [-0.05, 0) is 38.2 Å². The average molecular weight is 490 g/mol. The summed E-state index contributed by atoms with van der Waals surface area (Å²) in [4.78, 5) is 33.2. The van der Waals surface area contributed by atoms with E-state index < -0.39 is 12.0 Å². The third-order valence-corrected chi connectivity index (χ3v) is 6.96. The summed E-state index contributed by atoms with van der Waals surface area (Å²) >= 11 is 1.48. The van der Waals surface area contributed by atoms with Crippen LogP contribution in [-0.4, -0.2) is 34.6 Å². The summed E-state index contributed by atoms with van der Waals surface area (Å²) in [6.45, 7) is 8.13. The Balaban J connectivity index is 1.84. The van der Waals surface area contributed by atoms with E-state index >= 15 is 0 Å². The number of nitrogens with zero attached hydrogens (tertiary/aromatic N) is 2. The number of hydrogen-bond acceptors (Lipinski definition) is 6. The fourth-order valence-electron chi connectivity index (χ4n) is 4.24. The van der Waals surface area contributed by atoms with E-state index in [1.807, 2.05) is 79.6 Å². The van der Waals surface area contributed by atoms with Crippen molar-refractivity contribution in [2.24, 2.45) is 4.99 Å². The Morgan fingerprint density at radius 1 is 1.14 bits per heavy atom. The minimum absolute atomic E-state index is 0.0500. The number of benzene rings is 2. The van der Waals surface area contributed by atoms with Crippen LogP contribution in [0.25, 0.3) is 5.70 Å². The van der Waals surface area contributed by atoms with Gasteiger partial charge in [0.05, 0.1) is 30.3 Å². The highest BCUT2D eigenvalue weighted by atomic mass is 32.2. The Labute approximate surface area is 211 Å². The maximum atomic E-state index is 13.5. The lowest BCUT2D eigenvalue weighted by atomic mass is 9.90. The Morgan fingerprint density at radius 3 is 2.60 bits per heavy atom. The van der Waals surface area contributed by atoms with Crippen molar-refractivity contribution in [1.29, 1.82) is 0 Å². The quantitative estimate of drug-likeness (QED) is 0.491.